The number of rotatable bonds is 2. The molecule has 0 amide bonds. The van der Waals surface area contributed by atoms with Crippen LogP contribution in [0.3, 0.4) is 0 Å². The van der Waals surface area contributed by atoms with Crippen LogP contribution in [0.4, 0.5) is 0 Å². The molecule has 0 aliphatic rings. The lowest BCUT2D eigenvalue weighted by atomic mass is 10.0. The Labute approximate surface area is 100 Å². The highest BCUT2D eigenvalue weighted by Gasteiger charge is 2.11. The minimum Gasteiger partial charge on any atom is -0.201 e. The van der Waals surface area contributed by atoms with Gasteiger partial charge in [-0.15, -0.1) is 0 Å². The number of pyridine rings is 1. The maximum absolute atomic E-state index is 7.81. The highest BCUT2D eigenvalue weighted by Crippen LogP contribution is 2.20. The molecule has 1 heterocycles. The van der Waals surface area contributed by atoms with Crippen LogP contribution in [-0.2, 0) is 13.4 Å². The third-order valence-corrected chi connectivity index (χ3v) is 2.86. The number of aryl methyl sites for hydroxylation is 3. The molecule has 0 unspecified atom stereocenters. The van der Waals surface area contributed by atoms with Gasteiger partial charge in [0, 0.05) is 20.4 Å². The molecule has 0 saturated carbocycles. The van der Waals surface area contributed by atoms with Crippen molar-refractivity contribution >= 4 is 0 Å². The summed E-state index contributed by atoms with van der Waals surface area (Å²) in [4.78, 5) is 0. The maximum Gasteiger partial charge on any atom is 0.212 e. The zero-order chi connectivity index (χ0) is 13.3. The third kappa shape index (κ3) is 1.99. The lowest BCUT2D eigenvalue weighted by Gasteiger charge is -2.05. The van der Waals surface area contributed by atoms with Crippen LogP contribution in [0, 0.1) is 6.92 Å². The number of hydrogen-bond donors (Lipinski definition) is 0. The molecular formula is C15H18N+. The molecule has 1 heteroatoms. The Morgan fingerprint density at radius 3 is 2.69 bits per heavy atom. The third-order valence-electron chi connectivity index (χ3n) is 2.86. The topological polar surface area (TPSA) is 3.88 Å². The summed E-state index contributed by atoms with van der Waals surface area (Å²) in [6.07, 6.45) is 0.601. The lowest BCUT2D eigenvalue weighted by Crippen LogP contribution is -2.30. The van der Waals surface area contributed by atoms with Crippen LogP contribution in [0.15, 0.2) is 42.6 Å². The number of benzene rings is 1. The summed E-state index contributed by atoms with van der Waals surface area (Å²) in [5, 5.41) is 0. The van der Waals surface area contributed by atoms with Gasteiger partial charge in [0.25, 0.3) is 0 Å². The van der Waals surface area contributed by atoms with E-state index in [0.29, 0.717) is 5.56 Å². The number of aromatic nitrogens is 1. The number of hydrogen-bond acceptors (Lipinski definition) is 0. The van der Waals surface area contributed by atoms with Crippen molar-refractivity contribution in [3.8, 4) is 11.3 Å². The first-order valence-corrected chi connectivity index (χ1v) is 5.46. The Morgan fingerprint density at radius 1 is 1.25 bits per heavy atom. The summed E-state index contributed by atoms with van der Waals surface area (Å²) in [6.45, 7) is 3.66. The summed E-state index contributed by atoms with van der Waals surface area (Å²) < 4.78 is 17.7. The standard InChI is InChI=1S/C15H18N/c1-4-13-9-10-16(3)15(11-13)14-8-6-5-7-12(14)2/h5-11H,4H2,1-3H3/q+1/i4D2. The van der Waals surface area contributed by atoms with Crippen molar-refractivity contribution < 1.29 is 7.31 Å². The summed E-state index contributed by atoms with van der Waals surface area (Å²) in [6, 6.07) is 11.9. The molecule has 0 aliphatic heterocycles. The molecule has 1 aromatic heterocycles. The average molecular weight is 214 g/mol. The smallest absolute Gasteiger partial charge is 0.201 e. The molecule has 0 bridgehead atoms. The van der Waals surface area contributed by atoms with Gasteiger partial charge < -0.3 is 0 Å². The lowest BCUT2D eigenvalue weighted by molar-refractivity contribution is -0.660. The highest BCUT2D eigenvalue weighted by atomic mass is 14.9. The van der Waals surface area contributed by atoms with Crippen molar-refractivity contribution in [1.29, 1.82) is 0 Å². The van der Waals surface area contributed by atoms with Gasteiger partial charge in [0.15, 0.2) is 6.20 Å². The van der Waals surface area contributed by atoms with Gasteiger partial charge in [-0.25, -0.2) is 4.57 Å². The molecule has 0 aliphatic carbocycles. The van der Waals surface area contributed by atoms with E-state index in [0.717, 1.165) is 11.3 Å². The molecule has 0 radical (unpaired) electrons. The molecule has 0 atom stereocenters. The molecule has 16 heavy (non-hydrogen) atoms. The monoisotopic (exact) mass is 214 g/mol. The SMILES string of the molecule is [2H]C([2H])(C)c1cc[n+](C)c(-c2ccccc2C)c1. The molecule has 1 aromatic carbocycles. The molecule has 1 nitrogen and oxygen atoms in total. The first kappa shape index (κ1) is 8.51. The normalized spacial score (nSPS) is 13.2. The van der Waals surface area contributed by atoms with E-state index in [1.807, 2.05) is 42.1 Å². The van der Waals surface area contributed by atoms with Crippen molar-refractivity contribution in [3.05, 3.63) is 53.7 Å². The molecule has 0 saturated heterocycles. The molecule has 2 rings (SSSR count). The maximum atomic E-state index is 7.81. The van der Waals surface area contributed by atoms with Gasteiger partial charge in [-0.3, -0.25) is 0 Å². The minimum absolute atomic E-state index is 0.707. The van der Waals surface area contributed by atoms with Gasteiger partial charge in [0.1, 0.15) is 7.05 Å². The fourth-order valence-electron chi connectivity index (χ4n) is 1.85. The van der Waals surface area contributed by atoms with Crippen LogP contribution in [0.5, 0.6) is 0 Å². The molecular weight excluding hydrogens is 194 g/mol. The quantitative estimate of drug-likeness (QED) is 0.676. The van der Waals surface area contributed by atoms with Crippen molar-refractivity contribution in [2.75, 3.05) is 0 Å². The fraction of sp³-hybridized carbons (Fsp3) is 0.267. The average Bonchev–Trinajstić information content (AvgIpc) is 2.29. The Hall–Kier alpha value is -1.63. The second kappa shape index (κ2) is 4.48. The van der Waals surface area contributed by atoms with E-state index in [9.17, 15) is 0 Å². The van der Waals surface area contributed by atoms with Crippen LogP contribution in [-0.4, -0.2) is 0 Å². The molecule has 0 N–H and O–H groups in total. The van der Waals surface area contributed by atoms with Crippen molar-refractivity contribution in [3.63, 3.8) is 0 Å². The first-order valence-electron chi connectivity index (χ1n) is 6.46. The zero-order valence-electron chi connectivity index (χ0n) is 12.0. The number of nitrogens with zero attached hydrogens (tertiary/aromatic N) is 1. The van der Waals surface area contributed by atoms with E-state index in [1.54, 1.807) is 6.92 Å². The largest absolute Gasteiger partial charge is 0.212 e. The molecule has 0 spiro atoms. The van der Waals surface area contributed by atoms with Gasteiger partial charge >= 0.3 is 0 Å². The summed E-state index contributed by atoms with van der Waals surface area (Å²) in [5.41, 5.74) is 4.09. The predicted molar refractivity (Wildman–Crippen MR) is 67.2 cm³/mol. The van der Waals surface area contributed by atoms with E-state index in [4.69, 9.17) is 2.74 Å². The van der Waals surface area contributed by atoms with Gasteiger partial charge in [-0.1, -0.05) is 25.1 Å². The molecule has 82 valence electrons. The van der Waals surface area contributed by atoms with Gasteiger partial charge in [-0.05, 0) is 30.5 Å². The van der Waals surface area contributed by atoms with E-state index in [-0.39, 0.29) is 0 Å². The summed E-state index contributed by atoms with van der Waals surface area (Å²) in [5.74, 6) is 0. The second-order valence-electron chi connectivity index (χ2n) is 3.98. The van der Waals surface area contributed by atoms with Crippen molar-refractivity contribution in [2.24, 2.45) is 7.05 Å². The predicted octanol–water partition coefficient (Wildman–Crippen LogP) is 3.05. The fourth-order valence-corrected chi connectivity index (χ4v) is 1.85. The first-order chi connectivity index (χ1) is 8.39. The molecule has 2 aromatic rings. The van der Waals surface area contributed by atoms with E-state index in [2.05, 4.69) is 19.1 Å². The van der Waals surface area contributed by atoms with Gasteiger partial charge in [0.05, 0.1) is 0 Å². The van der Waals surface area contributed by atoms with Crippen LogP contribution in [0.1, 0.15) is 20.8 Å². The van der Waals surface area contributed by atoms with E-state index in [1.165, 1.54) is 5.56 Å². The van der Waals surface area contributed by atoms with Crippen LogP contribution < -0.4 is 4.57 Å². The minimum atomic E-state index is -1.31. The molecule has 0 fully saturated rings. The summed E-state index contributed by atoms with van der Waals surface area (Å²) >= 11 is 0. The van der Waals surface area contributed by atoms with Crippen molar-refractivity contribution in [2.45, 2.75) is 20.2 Å². The van der Waals surface area contributed by atoms with Crippen LogP contribution in [0.2, 0.25) is 0 Å². The van der Waals surface area contributed by atoms with Crippen molar-refractivity contribution in [1.82, 2.24) is 0 Å². The summed E-state index contributed by atoms with van der Waals surface area (Å²) in [7, 11) is 1.98. The van der Waals surface area contributed by atoms with Gasteiger partial charge in [-0.2, -0.15) is 0 Å². The van der Waals surface area contributed by atoms with E-state index >= 15 is 0 Å². The van der Waals surface area contributed by atoms with E-state index < -0.39 is 6.37 Å². The van der Waals surface area contributed by atoms with Crippen LogP contribution >= 0.6 is 0 Å². The highest BCUT2D eigenvalue weighted by molar-refractivity contribution is 5.61. The Bertz CT molecular complexity index is 571. The zero-order valence-corrected chi connectivity index (χ0v) is 9.99. The Balaban J connectivity index is 2.61. The van der Waals surface area contributed by atoms with Gasteiger partial charge in [0.2, 0.25) is 5.69 Å². The van der Waals surface area contributed by atoms with Crippen LogP contribution in [0.25, 0.3) is 11.3 Å². The Kier molecular flexibility index (Phi) is 2.38. The Morgan fingerprint density at radius 2 is 2.00 bits per heavy atom. The second-order valence-corrected chi connectivity index (χ2v) is 3.98.